The van der Waals surface area contributed by atoms with E-state index < -0.39 is 11.9 Å². The van der Waals surface area contributed by atoms with Gasteiger partial charge in [0.2, 0.25) is 5.91 Å². The number of thioether (sulfide) groups is 1. The number of carbonyl (C=O) groups excluding carboxylic acids is 3. The van der Waals surface area contributed by atoms with Crippen LogP contribution in [-0.2, 0) is 14.3 Å². The van der Waals surface area contributed by atoms with Crippen LogP contribution in [0.4, 0.5) is 5.69 Å². The lowest BCUT2D eigenvalue weighted by atomic mass is 10.1. The van der Waals surface area contributed by atoms with Gasteiger partial charge in [-0.2, -0.15) is 0 Å². The summed E-state index contributed by atoms with van der Waals surface area (Å²) in [6, 6.07) is 4.15. The monoisotopic (exact) mass is 327 g/mol. The number of hydrogen-bond acceptors (Lipinski definition) is 7. The Morgan fingerprint density at radius 1 is 1.18 bits per heavy atom. The molecule has 0 aliphatic rings. The van der Waals surface area contributed by atoms with Crippen LogP contribution in [0.1, 0.15) is 20.7 Å². The van der Waals surface area contributed by atoms with Crippen molar-refractivity contribution in [2.45, 2.75) is 0 Å². The van der Waals surface area contributed by atoms with Crippen LogP contribution in [0.3, 0.4) is 0 Å². The lowest BCUT2D eigenvalue weighted by Crippen LogP contribution is -2.18. The summed E-state index contributed by atoms with van der Waals surface area (Å²) in [6.07, 6.45) is 0. The zero-order valence-corrected chi connectivity index (χ0v) is 13.1. The highest BCUT2D eigenvalue weighted by Crippen LogP contribution is 2.20. The summed E-state index contributed by atoms with van der Waals surface area (Å²) < 4.78 is 9.24. The molecule has 1 aromatic carbocycles. The molecule has 0 fully saturated rings. The molecule has 0 aliphatic heterocycles. The normalized spacial score (nSPS) is 9.95. The molecule has 1 aromatic rings. The van der Waals surface area contributed by atoms with Crippen molar-refractivity contribution in [1.29, 1.82) is 0 Å². The van der Waals surface area contributed by atoms with E-state index in [1.165, 1.54) is 44.2 Å². The van der Waals surface area contributed by atoms with E-state index in [1.54, 1.807) is 0 Å². The Balaban J connectivity index is 2.98. The average molecular weight is 327 g/mol. The van der Waals surface area contributed by atoms with Crippen molar-refractivity contribution in [1.82, 2.24) is 0 Å². The molecule has 0 unspecified atom stereocenters. The van der Waals surface area contributed by atoms with E-state index >= 15 is 0 Å². The largest absolute Gasteiger partial charge is 0.465 e. The molecule has 7 nitrogen and oxygen atoms in total. The number of aliphatic hydroxyl groups excluding tert-OH is 1. The van der Waals surface area contributed by atoms with Crippen LogP contribution in [0.25, 0.3) is 0 Å². The zero-order valence-electron chi connectivity index (χ0n) is 12.3. The Labute approximate surface area is 132 Å². The van der Waals surface area contributed by atoms with Gasteiger partial charge in [-0.15, -0.1) is 11.8 Å². The van der Waals surface area contributed by atoms with Crippen LogP contribution in [0, 0.1) is 0 Å². The maximum atomic E-state index is 11.8. The van der Waals surface area contributed by atoms with E-state index in [4.69, 9.17) is 5.11 Å². The molecule has 0 radical (unpaired) electrons. The third kappa shape index (κ3) is 5.05. The van der Waals surface area contributed by atoms with E-state index in [9.17, 15) is 14.4 Å². The van der Waals surface area contributed by atoms with Crippen molar-refractivity contribution >= 4 is 35.3 Å². The Bertz CT molecular complexity index is 560. The fraction of sp³-hybridized carbons (Fsp3) is 0.357. The number of esters is 2. The summed E-state index contributed by atoms with van der Waals surface area (Å²) in [5.74, 6) is -1.02. The number of ether oxygens (including phenoxy) is 2. The predicted molar refractivity (Wildman–Crippen MR) is 82.2 cm³/mol. The Kier molecular flexibility index (Phi) is 7.41. The van der Waals surface area contributed by atoms with Crippen molar-refractivity contribution in [2.75, 3.05) is 37.6 Å². The smallest absolute Gasteiger partial charge is 0.339 e. The molecule has 0 spiro atoms. The summed E-state index contributed by atoms with van der Waals surface area (Å²) in [6.45, 7) is -0.0246. The number of rotatable bonds is 7. The topological polar surface area (TPSA) is 102 Å². The molecule has 0 bridgehead atoms. The van der Waals surface area contributed by atoms with Crippen LogP contribution >= 0.6 is 11.8 Å². The predicted octanol–water partition coefficient (Wildman–Crippen LogP) is 0.924. The molecule has 22 heavy (non-hydrogen) atoms. The molecule has 0 aliphatic carbocycles. The fourth-order valence-electron chi connectivity index (χ4n) is 1.60. The number of amides is 1. The molecule has 2 N–H and O–H groups in total. The second kappa shape index (κ2) is 9.06. The second-order valence-corrected chi connectivity index (χ2v) is 5.17. The Hall–Kier alpha value is -2.06. The highest BCUT2D eigenvalue weighted by atomic mass is 32.2. The number of aliphatic hydroxyl groups is 1. The Morgan fingerprint density at radius 3 is 2.45 bits per heavy atom. The molecular weight excluding hydrogens is 310 g/mol. The highest BCUT2D eigenvalue weighted by Gasteiger charge is 2.17. The summed E-state index contributed by atoms with van der Waals surface area (Å²) in [4.78, 5) is 35.0. The first-order chi connectivity index (χ1) is 10.5. The van der Waals surface area contributed by atoms with Gasteiger partial charge in [-0.3, -0.25) is 4.79 Å². The minimum Gasteiger partial charge on any atom is -0.465 e. The van der Waals surface area contributed by atoms with Crippen molar-refractivity contribution < 1.29 is 29.0 Å². The minimum absolute atomic E-state index is 0.0246. The molecule has 0 aromatic heterocycles. The van der Waals surface area contributed by atoms with Crippen LogP contribution in [0.15, 0.2) is 18.2 Å². The summed E-state index contributed by atoms with van der Waals surface area (Å²) in [5, 5.41) is 11.2. The van der Waals surface area contributed by atoms with Crippen LogP contribution in [0.5, 0.6) is 0 Å². The molecule has 120 valence electrons. The molecule has 8 heteroatoms. The number of methoxy groups -OCH3 is 2. The second-order valence-electron chi connectivity index (χ2n) is 4.07. The van der Waals surface area contributed by atoms with Gasteiger partial charge in [0.05, 0.1) is 43.4 Å². The van der Waals surface area contributed by atoms with Gasteiger partial charge in [-0.1, -0.05) is 0 Å². The molecular formula is C14H17NO6S. The van der Waals surface area contributed by atoms with Gasteiger partial charge >= 0.3 is 11.9 Å². The number of carbonyl (C=O) groups is 3. The summed E-state index contributed by atoms with van der Waals surface area (Å²) in [7, 11) is 2.46. The van der Waals surface area contributed by atoms with Crippen molar-refractivity contribution in [3.63, 3.8) is 0 Å². The fourth-order valence-corrected chi connectivity index (χ4v) is 2.13. The van der Waals surface area contributed by atoms with Gasteiger partial charge in [-0.05, 0) is 18.2 Å². The highest BCUT2D eigenvalue weighted by molar-refractivity contribution is 7.99. The Morgan fingerprint density at radius 2 is 1.86 bits per heavy atom. The molecule has 1 rings (SSSR count). The average Bonchev–Trinajstić information content (AvgIpc) is 2.53. The van der Waals surface area contributed by atoms with Crippen molar-refractivity contribution in [2.24, 2.45) is 0 Å². The van der Waals surface area contributed by atoms with E-state index in [1.807, 2.05) is 0 Å². The van der Waals surface area contributed by atoms with Crippen molar-refractivity contribution in [3.8, 4) is 0 Å². The minimum atomic E-state index is -0.630. The maximum absolute atomic E-state index is 11.8. The van der Waals surface area contributed by atoms with Gasteiger partial charge in [-0.25, -0.2) is 9.59 Å². The SMILES string of the molecule is COC(=O)c1ccc(C(=O)OC)c(NC(=O)CSCCO)c1. The molecule has 0 heterocycles. The van der Waals surface area contributed by atoms with Gasteiger partial charge in [0, 0.05) is 5.75 Å². The van der Waals surface area contributed by atoms with Crippen LogP contribution in [0.2, 0.25) is 0 Å². The molecule has 0 atom stereocenters. The standard InChI is InChI=1S/C14H17NO6S/c1-20-13(18)9-3-4-10(14(19)21-2)11(7-9)15-12(17)8-22-6-5-16/h3-4,7,16H,5-6,8H2,1-2H3,(H,15,17). The summed E-state index contributed by atoms with van der Waals surface area (Å²) >= 11 is 1.25. The first-order valence-electron chi connectivity index (χ1n) is 6.32. The quantitative estimate of drug-likeness (QED) is 0.567. The third-order valence-electron chi connectivity index (χ3n) is 2.59. The van der Waals surface area contributed by atoms with Crippen molar-refractivity contribution in [3.05, 3.63) is 29.3 Å². The number of anilines is 1. The first kappa shape index (κ1) is 18.0. The molecule has 1 amide bonds. The third-order valence-corrected chi connectivity index (χ3v) is 3.53. The number of nitrogens with one attached hydrogen (secondary N) is 1. The number of hydrogen-bond donors (Lipinski definition) is 2. The van der Waals surface area contributed by atoms with E-state index in [0.717, 1.165) is 0 Å². The first-order valence-corrected chi connectivity index (χ1v) is 7.48. The zero-order chi connectivity index (χ0) is 16.5. The maximum Gasteiger partial charge on any atom is 0.339 e. The van der Waals surface area contributed by atoms with E-state index in [2.05, 4.69) is 14.8 Å². The van der Waals surface area contributed by atoms with E-state index in [-0.39, 0.29) is 35.1 Å². The van der Waals surface area contributed by atoms with Gasteiger partial charge in [0.1, 0.15) is 0 Å². The van der Waals surface area contributed by atoms with E-state index in [0.29, 0.717) is 5.75 Å². The molecule has 0 saturated carbocycles. The van der Waals surface area contributed by atoms with Crippen LogP contribution in [-0.4, -0.2) is 55.3 Å². The van der Waals surface area contributed by atoms with Gasteiger partial charge in [0.25, 0.3) is 0 Å². The lowest BCUT2D eigenvalue weighted by Gasteiger charge is -2.11. The van der Waals surface area contributed by atoms with Crippen LogP contribution < -0.4 is 5.32 Å². The molecule has 0 saturated heterocycles. The lowest BCUT2D eigenvalue weighted by molar-refractivity contribution is -0.113. The summed E-state index contributed by atoms with van der Waals surface area (Å²) in [5.41, 5.74) is 0.508. The van der Waals surface area contributed by atoms with Gasteiger partial charge < -0.3 is 19.9 Å². The number of benzene rings is 1. The van der Waals surface area contributed by atoms with Gasteiger partial charge in [0.15, 0.2) is 0 Å².